The summed E-state index contributed by atoms with van der Waals surface area (Å²) in [5, 5.41) is 5.09. The molecule has 2 N–H and O–H groups in total. The molecule has 0 bridgehead atoms. The highest BCUT2D eigenvalue weighted by Gasteiger charge is 2.29. The van der Waals surface area contributed by atoms with Gasteiger partial charge in [-0.2, -0.15) is 5.10 Å². The van der Waals surface area contributed by atoms with Crippen molar-refractivity contribution in [2.45, 2.75) is 65.0 Å². The summed E-state index contributed by atoms with van der Waals surface area (Å²) in [6.07, 6.45) is 9.18. The minimum Gasteiger partial charge on any atom is -0.322 e. The third kappa shape index (κ3) is 3.32. The third-order valence-corrected chi connectivity index (χ3v) is 4.85. The van der Waals surface area contributed by atoms with Crippen molar-refractivity contribution in [2.75, 3.05) is 0 Å². The summed E-state index contributed by atoms with van der Waals surface area (Å²) in [6, 6.07) is 0.0411. The second kappa shape index (κ2) is 6.76. The van der Waals surface area contributed by atoms with E-state index in [1.165, 1.54) is 32.1 Å². The molecule has 0 aliphatic heterocycles. The molecule has 108 valence electrons. The van der Waals surface area contributed by atoms with Crippen molar-refractivity contribution in [1.29, 1.82) is 0 Å². The average Bonchev–Trinajstić information content (AvgIpc) is 2.80. The summed E-state index contributed by atoms with van der Waals surface area (Å²) in [5.41, 5.74) is 7.53. The average molecular weight is 284 g/mol. The van der Waals surface area contributed by atoms with Crippen LogP contribution in [0.4, 0.5) is 0 Å². The number of hydrogen-bond acceptors (Lipinski definition) is 2. The number of hydrogen-bond donors (Lipinski definition) is 1. The molecule has 0 saturated heterocycles. The Morgan fingerprint density at radius 1 is 1.37 bits per heavy atom. The second-order valence-electron chi connectivity index (χ2n) is 5.82. The Kier molecular flexibility index (Phi) is 5.28. The number of nitrogens with zero attached hydrogens (tertiary/aromatic N) is 2. The van der Waals surface area contributed by atoms with Crippen LogP contribution < -0.4 is 5.73 Å². The van der Waals surface area contributed by atoms with Crippen LogP contribution in [-0.2, 0) is 6.54 Å². The van der Waals surface area contributed by atoms with Crippen molar-refractivity contribution >= 4 is 11.6 Å². The Labute approximate surface area is 121 Å². The van der Waals surface area contributed by atoms with Crippen LogP contribution in [0.2, 0.25) is 5.02 Å². The zero-order chi connectivity index (χ0) is 13.8. The molecule has 0 aromatic carbocycles. The fourth-order valence-corrected chi connectivity index (χ4v) is 3.54. The molecule has 1 atom stereocenters. The van der Waals surface area contributed by atoms with Gasteiger partial charge < -0.3 is 5.73 Å². The van der Waals surface area contributed by atoms with Gasteiger partial charge in [0.25, 0.3) is 0 Å². The largest absolute Gasteiger partial charge is 0.322 e. The first-order valence-electron chi connectivity index (χ1n) is 7.64. The van der Waals surface area contributed by atoms with Gasteiger partial charge in [0, 0.05) is 6.54 Å². The molecular formula is C15H26ClN3. The van der Waals surface area contributed by atoms with Gasteiger partial charge >= 0.3 is 0 Å². The Balaban J connectivity index is 2.07. The van der Waals surface area contributed by atoms with Gasteiger partial charge in [-0.15, -0.1) is 0 Å². The molecule has 1 aliphatic rings. The monoisotopic (exact) mass is 283 g/mol. The number of nitrogens with two attached hydrogens (primary N) is 1. The van der Waals surface area contributed by atoms with Crippen LogP contribution in [0.5, 0.6) is 0 Å². The molecule has 2 rings (SSSR count). The molecular weight excluding hydrogens is 258 g/mol. The number of aromatic nitrogens is 2. The highest BCUT2D eigenvalue weighted by atomic mass is 35.5. The first-order valence-corrected chi connectivity index (χ1v) is 8.01. The lowest BCUT2D eigenvalue weighted by Gasteiger charge is -2.32. The molecule has 4 heteroatoms. The summed E-state index contributed by atoms with van der Waals surface area (Å²) in [7, 11) is 0. The van der Waals surface area contributed by atoms with Crippen LogP contribution in [-0.4, -0.2) is 9.78 Å². The first-order chi connectivity index (χ1) is 9.17. The van der Waals surface area contributed by atoms with Gasteiger partial charge in [0.15, 0.2) is 0 Å². The Bertz CT molecular complexity index is 394. The summed E-state index contributed by atoms with van der Waals surface area (Å²) < 4.78 is 2.00. The van der Waals surface area contributed by atoms with E-state index in [2.05, 4.69) is 18.9 Å². The van der Waals surface area contributed by atoms with Crippen LogP contribution in [0, 0.1) is 11.8 Å². The number of halogens is 1. The molecule has 3 nitrogen and oxygen atoms in total. The third-order valence-electron chi connectivity index (χ3n) is 4.56. The summed E-state index contributed by atoms with van der Waals surface area (Å²) in [4.78, 5) is 0. The lowest BCUT2D eigenvalue weighted by atomic mass is 9.77. The minimum atomic E-state index is 0.0411. The zero-order valence-corrected chi connectivity index (χ0v) is 12.9. The molecule has 1 aliphatic carbocycles. The SMILES string of the molecule is CCCn1ncc(Cl)c1C(N)C1CCC(CC)CC1. The molecule has 19 heavy (non-hydrogen) atoms. The van der Waals surface area contributed by atoms with E-state index < -0.39 is 0 Å². The predicted molar refractivity (Wildman–Crippen MR) is 80.2 cm³/mol. The zero-order valence-electron chi connectivity index (χ0n) is 12.1. The summed E-state index contributed by atoms with van der Waals surface area (Å²) in [5.74, 6) is 1.46. The van der Waals surface area contributed by atoms with Crippen molar-refractivity contribution in [2.24, 2.45) is 17.6 Å². The molecule has 1 aromatic heterocycles. The maximum absolute atomic E-state index is 6.49. The second-order valence-corrected chi connectivity index (χ2v) is 6.22. The van der Waals surface area contributed by atoms with Crippen LogP contribution in [0.15, 0.2) is 6.20 Å². The fourth-order valence-electron chi connectivity index (χ4n) is 3.27. The highest BCUT2D eigenvalue weighted by molar-refractivity contribution is 6.31. The molecule has 1 heterocycles. The van der Waals surface area contributed by atoms with E-state index in [1.807, 2.05) is 4.68 Å². The lowest BCUT2D eigenvalue weighted by Crippen LogP contribution is -2.28. The van der Waals surface area contributed by atoms with E-state index in [4.69, 9.17) is 17.3 Å². The normalized spacial score (nSPS) is 25.5. The molecule has 1 aromatic rings. The topological polar surface area (TPSA) is 43.8 Å². The Morgan fingerprint density at radius 2 is 2.05 bits per heavy atom. The maximum atomic E-state index is 6.49. The van der Waals surface area contributed by atoms with Crippen molar-refractivity contribution in [1.82, 2.24) is 9.78 Å². The van der Waals surface area contributed by atoms with Crippen molar-refractivity contribution < 1.29 is 0 Å². The molecule has 0 amide bonds. The number of aryl methyl sites for hydroxylation is 1. The molecule has 1 saturated carbocycles. The Morgan fingerprint density at radius 3 is 2.63 bits per heavy atom. The molecule has 0 radical (unpaired) electrons. The minimum absolute atomic E-state index is 0.0411. The lowest BCUT2D eigenvalue weighted by molar-refractivity contribution is 0.234. The molecule has 1 fully saturated rings. The van der Waals surface area contributed by atoms with Crippen molar-refractivity contribution in [3.05, 3.63) is 16.9 Å². The van der Waals surface area contributed by atoms with E-state index in [-0.39, 0.29) is 6.04 Å². The van der Waals surface area contributed by atoms with Crippen LogP contribution in [0.25, 0.3) is 0 Å². The molecule has 1 unspecified atom stereocenters. The van der Waals surface area contributed by atoms with E-state index in [0.29, 0.717) is 5.92 Å². The van der Waals surface area contributed by atoms with Gasteiger partial charge in [0.1, 0.15) is 0 Å². The first kappa shape index (κ1) is 14.9. The summed E-state index contributed by atoms with van der Waals surface area (Å²) in [6.45, 7) is 5.34. The predicted octanol–water partition coefficient (Wildman–Crippen LogP) is 4.16. The van der Waals surface area contributed by atoms with E-state index in [9.17, 15) is 0 Å². The van der Waals surface area contributed by atoms with Crippen molar-refractivity contribution in [3.63, 3.8) is 0 Å². The van der Waals surface area contributed by atoms with Crippen molar-refractivity contribution in [3.8, 4) is 0 Å². The number of rotatable bonds is 5. The van der Waals surface area contributed by atoms with E-state index in [1.54, 1.807) is 6.20 Å². The van der Waals surface area contributed by atoms with Gasteiger partial charge in [-0.3, -0.25) is 4.68 Å². The summed E-state index contributed by atoms with van der Waals surface area (Å²) >= 11 is 6.29. The van der Waals surface area contributed by atoms with Gasteiger partial charge in [0.2, 0.25) is 0 Å². The van der Waals surface area contributed by atoms with Gasteiger partial charge in [0.05, 0.1) is 23.0 Å². The highest BCUT2D eigenvalue weighted by Crippen LogP contribution is 2.38. The van der Waals surface area contributed by atoms with E-state index in [0.717, 1.165) is 29.6 Å². The molecule has 0 spiro atoms. The van der Waals surface area contributed by atoms with Gasteiger partial charge in [-0.25, -0.2) is 0 Å². The van der Waals surface area contributed by atoms with Crippen LogP contribution in [0.3, 0.4) is 0 Å². The van der Waals surface area contributed by atoms with Crippen LogP contribution >= 0.6 is 11.6 Å². The maximum Gasteiger partial charge on any atom is 0.0834 e. The fraction of sp³-hybridized carbons (Fsp3) is 0.800. The standard InChI is InChI=1S/C15H26ClN3/c1-3-9-19-15(13(16)10-18-19)14(17)12-7-5-11(4-2)6-8-12/h10-12,14H,3-9,17H2,1-2H3. The van der Waals surface area contributed by atoms with E-state index >= 15 is 0 Å². The quantitative estimate of drug-likeness (QED) is 0.882. The smallest absolute Gasteiger partial charge is 0.0834 e. The van der Waals surface area contributed by atoms with Crippen LogP contribution in [0.1, 0.15) is 64.1 Å². The Hall–Kier alpha value is -0.540. The van der Waals surface area contributed by atoms with Gasteiger partial charge in [-0.1, -0.05) is 44.7 Å². The van der Waals surface area contributed by atoms with Gasteiger partial charge in [-0.05, 0) is 31.1 Å².